The molecule has 0 aliphatic rings. The third-order valence-corrected chi connectivity index (χ3v) is 3.99. The number of hydrogen-bond acceptors (Lipinski definition) is 2. The van der Waals surface area contributed by atoms with E-state index in [9.17, 15) is 9.18 Å². The topological polar surface area (TPSA) is 20.3 Å². The molecule has 21 heavy (non-hydrogen) atoms. The number of carbonyl (C=O) groups is 1. The van der Waals surface area contributed by atoms with Crippen LogP contribution in [0.4, 0.5) is 4.39 Å². The number of hydrogen-bond donors (Lipinski definition) is 0. The second kappa shape index (κ2) is 7.27. The first-order valence-corrected chi connectivity index (χ1v) is 7.92. The fourth-order valence-electron chi connectivity index (χ4n) is 2.05. The summed E-state index contributed by atoms with van der Waals surface area (Å²) in [5, 5.41) is 0. The lowest BCUT2D eigenvalue weighted by Crippen LogP contribution is -2.27. The average Bonchev–Trinajstić information content (AvgIpc) is 2.48. The van der Waals surface area contributed by atoms with E-state index in [1.54, 1.807) is 35.8 Å². The highest BCUT2D eigenvalue weighted by Crippen LogP contribution is 2.16. The molecule has 4 heteroatoms. The zero-order chi connectivity index (χ0) is 15.2. The van der Waals surface area contributed by atoms with Gasteiger partial charge in [0.25, 0.3) is 0 Å². The molecular formula is C17H18FNOS. The Bertz CT molecular complexity index is 612. The first-order valence-electron chi connectivity index (χ1n) is 6.70. The van der Waals surface area contributed by atoms with Gasteiger partial charge in [0.1, 0.15) is 5.82 Å². The Labute approximate surface area is 129 Å². The predicted molar refractivity (Wildman–Crippen MR) is 84.8 cm³/mol. The maximum Gasteiger partial charge on any atom is 0.227 e. The molecule has 1 amide bonds. The van der Waals surface area contributed by atoms with Crippen molar-refractivity contribution < 1.29 is 9.18 Å². The summed E-state index contributed by atoms with van der Waals surface area (Å²) in [5.41, 5.74) is 1.78. The fraction of sp³-hybridized carbons (Fsp3) is 0.235. The van der Waals surface area contributed by atoms with Gasteiger partial charge >= 0.3 is 0 Å². The molecule has 0 unspecified atom stereocenters. The van der Waals surface area contributed by atoms with Gasteiger partial charge in [0.2, 0.25) is 5.91 Å². The van der Waals surface area contributed by atoms with E-state index >= 15 is 0 Å². The first-order chi connectivity index (χ1) is 10.1. The van der Waals surface area contributed by atoms with Gasteiger partial charge in [-0.25, -0.2) is 4.39 Å². The van der Waals surface area contributed by atoms with Crippen LogP contribution in [0.3, 0.4) is 0 Å². The second-order valence-corrected chi connectivity index (χ2v) is 5.78. The Balaban J connectivity index is 1.95. The van der Waals surface area contributed by atoms with Crippen molar-refractivity contribution in [3.63, 3.8) is 0 Å². The minimum absolute atomic E-state index is 0.0189. The Morgan fingerprint density at radius 3 is 2.48 bits per heavy atom. The average molecular weight is 303 g/mol. The van der Waals surface area contributed by atoms with Crippen LogP contribution in [0, 0.1) is 5.82 Å². The van der Waals surface area contributed by atoms with Crippen molar-refractivity contribution in [3.05, 3.63) is 65.5 Å². The fourth-order valence-corrected chi connectivity index (χ4v) is 2.46. The van der Waals surface area contributed by atoms with Crippen LogP contribution in [0.1, 0.15) is 11.1 Å². The molecule has 0 atom stereocenters. The van der Waals surface area contributed by atoms with E-state index in [-0.39, 0.29) is 18.1 Å². The summed E-state index contributed by atoms with van der Waals surface area (Å²) >= 11 is 1.69. The van der Waals surface area contributed by atoms with Crippen molar-refractivity contribution in [1.82, 2.24) is 4.90 Å². The van der Waals surface area contributed by atoms with Crippen LogP contribution in [-0.2, 0) is 17.8 Å². The monoisotopic (exact) mass is 303 g/mol. The van der Waals surface area contributed by atoms with Crippen molar-refractivity contribution in [3.8, 4) is 0 Å². The Morgan fingerprint density at radius 2 is 1.86 bits per heavy atom. The largest absolute Gasteiger partial charge is 0.341 e. The van der Waals surface area contributed by atoms with Crippen LogP contribution in [0.5, 0.6) is 0 Å². The molecule has 0 aliphatic carbocycles. The lowest BCUT2D eigenvalue weighted by Gasteiger charge is -2.17. The highest BCUT2D eigenvalue weighted by Gasteiger charge is 2.10. The minimum atomic E-state index is -0.310. The molecule has 2 aromatic rings. The molecular weight excluding hydrogens is 285 g/mol. The normalized spacial score (nSPS) is 10.4. The summed E-state index contributed by atoms with van der Waals surface area (Å²) in [4.78, 5) is 15.0. The predicted octanol–water partition coefficient (Wildman–Crippen LogP) is 3.75. The minimum Gasteiger partial charge on any atom is -0.341 e. The van der Waals surface area contributed by atoms with Crippen molar-refractivity contribution in [2.75, 3.05) is 13.3 Å². The van der Waals surface area contributed by atoms with Gasteiger partial charge in [-0.05, 0) is 41.6 Å². The molecule has 2 nitrogen and oxygen atoms in total. The van der Waals surface area contributed by atoms with Crippen LogP contribution in [0.15, 0.2) is 53.4 Å². The zero-order valence-corrected chi connectivity index (χ0v) is 13.0. The van der Waals surface area contributed by atoms with Gasteiger partial charge in [0.15, 0.2) is 0 Å². The third-order valence-electron chi connectivity index (χ3n) is 3.25. The van der Waals surface area contributed by atoms with Crippen LogP contribution < -0.4 is 0 Å². The van der Waals surface area contributed by atoms with E-state index in [1.165, 1.54) is 17.0 Å². The summed E-state index contributed by atoms with van der Waals surface area (Å²) in [5.74, 6) is -0.329. The Kier molecular flexibility index (Phi) is 5.39. The lowest BCUT2D eigenvalue weighted by atomic mass is 10.1. The molecule has 0 radical (unpaired) electrons. The number of amides is 1. The first kappa shape index (κ1) is 15.6. The summed E-state index contributed by atoms with van der Waals surface area (Å²) in [6.45, 7) is 0.558. The summed E-state index contributed by atoms with van der Waals surface area (Å²) < 4.78 is 13.1. The number of benzene rings is 2. The summed E-state index contributed by atoms with van der Waals surface area (Å²) in [7, 11) is 1.77. The molecule has 0 saturated heterocycles. The number of rotatable bonds is 5. The molecule has 110 valence electrons. The quantitative estimate of drug-likeness (QED) is 0.784. The van der Waals surface area contributed by atoms with Gasteiger partial charge in [-0.1, -0.05) is 24.3 Å². The highest BCUT2D eigenvalue weighted by molar-refractivity contribution is 7.98. The maximum absolute atomic E-state index is 13.1. The number of thioether (sulfide) groups is 1. The number of nitrogens with zero attached hydrogens (tertiary/aromatic N) is 1. The van der Waals surface area contributed by atoms with E-state index in [2.05, 4.69) is 0 Å². The molecule has 0 aromatic heterocycles. The summed E-state index contributed by atoms with van der Waals surface area (Å²) in [6, 6.07) is 14.3. The van der Waals surface area contributed by atoms with Gasteiger partial charge in [-0.3, -0.25) is 4.79 Å². The second-order valence-electron chi connectivity index (χ2n) is 4.90. The Hall–Kier alpha value is -1.81. The van der Waals surface area contributed by atoms with Gasteiger partial charge in [0, 0.05) is 18.5 Å². The molecule has 0 N–H and O–H groups in total. The van der Waals surface area contributed by atoms with Crippen molar-refractivity contribution in [2.45, 2.75) is 17.9 Å². The molecule has 0 heterocycles. The van der Waals surface area contributed by atoms with E-state index < -0.39 is 0 Å². The SMILES string of the molecule is CSc1ccc(CN(C)C(=O)Cc2cccc(F)c2)cc1. The van der Waals surface area contributed by atoms with E-state index in [4.69, 9.17) is 0 Å². The molecule has 2 aromatic carbocycles. The van der Waals surface area contributed by atoms with Gasteiger partial charge in [-0.2, -0.15) is 0 Å². The van der Waals surface area contributed by atoms with Crippen LogP contribution in [-0.4, -0.2) is 24.1 Å². The third kappa shape index (κ3) is 4.60. The van der Waals surface area contributed by atoms with E-state index in [0.717, 1.165) is 5.56 Å². The van der Waals surface area contributed by atoms with Crippen LogP contribution >= 0.6 is 11.8 Å². The van der Waals surface area contributed by atoms with Gasteiger partial charge in [0.05, 0.1) is 6.42 Å². The molecule has 0 spiro atoms. The zero-order valence-electron chi connectivity index (χ0n) is 12.2. The molecule has 0 saturated carbocycles. The van der Waals surface area contributed by atoms with Crippen molar-refractivity contribution >= 4 is 17.7 Å². The smallest absolute Gasteiger partial charge is 0.227 e. The molecule has 0 aliphatic heterocycles. The molecule has 0 bridgehead atoms. The standard InChI is InChI=1S/C17H18FNOS/c1-19(12-13-6-8-16(21-2)9-7-13)17(20)11-14-4-3-5-15(18)10-14/h3-10H,11-12H2,1-2H3. The van der Waals surface area contributed by atoms with Crippen LogP contribution in [0.2, 0.25) is 0 Å². The van der Waals surface area contributed by atoms with Crippen LogP contribution in [0.25, 0.3) is 0 Å². The van der Waals surface area contributed by atoms with Crippen molar-refractivity contribution in [2.24, 2.45) is 0 Å². The summed E-state index contributed by atoms with van der Waals surface area (Å²) in [6.07, 6.45) is 2.25. The highest BCUT2D eigenvalue weighted by atomic mass is 32.2. The van der Waals surface area contributed by atoms with E-state index in [0.29, 0.717) is 12.1 Å². The lowest BCUT2D eigenvalue weighted by molar-refractivity contribution is -0.129. The van der Waals surface area contributed by atoms with E-state index in [1.807, 2.05) is 30.5 Å². The van der Waals surface area contributed by atoms with Gasteiger partial charge in [-0.15, -0.1) is 11.8 Å². The number of likely N-dealkylation sites (N-methyl/N-ethyl adjacent to an activating group) is 1. The number of halogens is 1. The number of carbonyl (C=O) groups excluding carboxylic acids is 1. The maximum atomic E-state index is 13.1. The van der Waals surface area contributed by atoms with Crippen molar-refractivity contribution in [1.29, 1.82) is 0 Å². The van der Waals surface area contributed by atoms with Gasteiger partial charge < -0.3 is 4.90 Å². The molecule has 0 fully saturated rings. The molecule has 2 rings (SSSR count). The Morgan fingerprint density at radius 1 is 1.14 bits per heavy atom.